The van der Waals surface area contributed by atoms with Crippen molar-refractivity contribution in [2.24, 2.45) is 0 Å². The van der Waals surface area contributed by atoms with Crippen molar-refractivity contribution < 1.29 is 4.79 Å². The molecule has 0 bridgehead atoms. The van der Waals surface area contributed by atoms with E-state index in [1.807, 2.05) is 24.3 Å². The standard InChI is InChI=1S/C9H8N3O/c13-6-10-5-9-7-3-1-2-4-8(7)11-12-9/h1-4H,5H2,(H,10,13)(H,11,12). The Bertz CT molecular complexity index is 421. The minimum absolute atomic E-state index is 0.410. The van der Waals surface area contributed by atoms with Crippen LogP contribution in [0.5, 0.6) is 0 Å². The lowest BCUT2D eigenvalue weighted by Crippen LogP contribution is -2.10. The molecule has 0 fully saturated rings. The van der Waals surface area contributed by atoms with Gasteiger partial charge in [-0.25, -0.2) is 0 Å². The van der Waals surface area contributed by atoms with Gasteiger partial charge in [0.15, 0.2) is 0 Å². The van der Waals surface area contributed by atoms with Crippen LogP contribution in [0.2, 0.25) is 0 Å². The molecule has 1 heterocycles. The van der Waals surface area contributed by atoms with Gasteiger partial charge in [-0.15, -0.1) is 0 Å². The molecule has 0 aliphatic carbocycles. The van der Waals surface area contributed by atoms with Crippen LogP contribution in [0.25, 0.3) is 10.9 Å². The topological polar surface area (TPSA) is 57.8 Å². The van der Waals surface area contributed by atoms with Gasteiger partial charge in [0, 0.05) is 5.39 Å². The van der Waals surface area contributed by atoms with Crippen LogP contribution in [0.15, 0.2) is 24.3 Å². The minimum atomic E-state index is 0.410. The van der Waals surface area contributed by atoms with Gasteiger partial charge in [-0.3, -0.25) is 9.89 Å². The molecule has 2 rings (SSSR count). The summed E-state index contributed by atoms with van der Waals surface area (Å²) in [4.78, 5) is 9.96. The summed E-state index contributed by atoms with van der Waals surface area (Å²) in [5.41, 5.74) is 1.81. The molecule has 0 spiro atoms. The Balaban J connectivity index is 2.40. The van der Waals surface area contributed by atoms with Crippen molar-refractivity contribution >= 4 is 17.3 Å². The van der Waals surface area contributed by atoms with Gasteiger partial charge in [0.25, 0.3) is 0 Å². The maximum absolute atomic E-state index is 9.96. The van der Waals surface area contributed by atoms with Crippen LogP contribution in [0.3, 0.4) is 0 Å². The van der Waals surface area contributed by atoms with E-state index < -0.39 is 0 Å². The SMILES string of the molecule is O=[C]NCc1n[nH]c2ccccc12. The molecular weight excluding hydrogens is 166 g/mol. The van der Waals surface area contributed by atoms with E-state index in [9.17, 15) is 4.79 Å². The molecular formula is C9H8N3O. The summed E-state index contributed by atoms with van der Waals surface area (Å²) in [6.07, 6.45) is 1.62. The van der Waals surface area contributed by atoms with E-state index in [-0.39, 0.29) is 0 Å². The number of carbonyl (C=O) groups excluding carboxylic acids is 1. The molecule has 0 atom stereocenters. The Morgan fingerprint density at radius 3 is 3.15 bits per heavy atom. The van der Waals surface area contributed by atoms with Crippen LogP contribution in [0, 0.1) is 0 Å². The predicted octanol–water partition coefficient (Wildman–Crippen LogP) is 0.720. The van der Waals surface area contributed by atoms with Crippen molar-refractivity contribution in [2.45, 2.75) is 6.54 Å². The van der Waals surface area contributed by atoms with E-state index >= 15 is 0 Å². The van der Waals surface area contributed by atoms with Crippen molar-refractivity contribution in [1.29, 1.82) is 0 Å². The van der Waals surface area contributed by atoms with Crippen LogP contribution in [-0.4, -0.2) is 16.6 Å². The van der Waals surface area contributed by atoms with Crippen LogP contribution in [-0.2, 0) is 11.3 Å². The van der Waals surface area contributed by atoms with E-state index in [4.69, 9.17) is 0 Å². The van der Waals surface area contributed by atoms with Gasteiger partial charge < -0.3 is 5.32 Å². The van der Waals surface area contributed by atoms with Gasteiger partial charge in [0.05, 0.1) is 17.8 Å². The van der Waals surface area contributed by atoms with Gasteiger partial charge in [-0.2, -0.15) is 5.10 Å². The Labute approximate surface area is 75.0 Å². The maximum Gasteiger partial charge on any atom is 0.309 e. The number of aromatic nitrogens is 2. The van der Waals surface area contributed by atoms with Crippen molar-refractivity contribution in [3.05, 3.63) is 30.0 Å². The number of hydrogen-bond donors (Lipinski definition) is 2. The third-order valence-electron chi connectivity index (χ3n) is 1.88. The first-order chi connectivity index (χ1) is 6.42. The fourth-order valence-corrected chi connectivity index (χ4v) is 1.27. The molecule has 0 unspecified atom stereocenters. The summed E-state index contributed by atoms with van der Waals surface area (Å²) >= 11 is 0. The molecule has 1 amide bonds. The molecule has 4 nitrogen and oxygen atoms in total. The van der Waals surface area contributed by atoms with Gasteiger partial charge in [0.2, 0.25) is 0 Å². The van der Waals surface area contributed by atoms with Crippen LogP contribution < -0.4 is 5.32 Å². The molecule has 65 valence electrons. The zero-order chi connectivity index (χ0) is 9.10. The average Bonchev–Trinajstić information content (AvgIpc) is 2.58. The van der Waals surface area contributed by atoms with Crippen LogP contribution >= 0.6 is 0 Å². The Hall–Kier alpha value is -1.84. The summed E-state index contributed by atoms with van der Waals surface area (Å²) < 4.78 is 0. The molecule has 0 aliphatic rings. The van der Waals surface area contributed by atoms with E-state index in [1.54, 1.807) is 6.41 Å². The molecule has 1 radical (unpaired) electrons. The average molecular weight is 174 g/mol. The van der Waals surface area contributed by atoms with E-state index in [0.717, 1.165) is 16.6 Å². The number of para-hydroxylation sites is 1. The van der Waals surface area contributed by atoms with Crippen molar-refractivity contribution in [3.63, 3.8) is 0 Å². The second kappa shape index (κ2) is 3.26. The fraction of sp³-hybridized carbons (Fsp3) is 0.111. The lowest BCUT2D eigenvalue weighted by atomic mass is 10.2. The van der Waals surface area contributed by atoms with Crippen molar-refractivity contribution in [3.8, 4) is 0 Å². The maximum atomic E-state index is 9.96. The zero-order valence-electron chi connectivity index (χ0n) is 6.87. The lowest BCUT2D eigenvalue weighted by molar-refractivity contribution is 0.541. The molecule has 13 heavy (non-hydrogen) atoms. The normalized spacial score (nSPS) is 10.2. The third-order valence-corrected chi connectivity index (χ3v) is 1.88. The predicted molar refractivity (Wildman–Crippen MR) is 48.6 cm³/mol. The number of H-pyrrole nitrogens is 1. The molecule has 4 heteroatoms. The monoisotopic (exact) mass is 174 g/mol. The number of hydrogen-bond acceptors (Lipinski definition) is 2. The van der Waals surface area contributed by atoms with Gasteiger partial charge in [-0.1, -0.05) is 18.2 Å². The highest BCUT2D eigenvalue weighted by molar-refractivity contribution is 5.81. The molecule has 1 aromatic heterocycles. The second-order valence-corrected chi connectivity index (χ2v) is 2.67. The Morgan fingerprint density at radius 2 is 2.31 bits per heavy atom. The first kappa shape index (κ1) is 7.79. The number of nitrogens with one attached hydrogen (secondary N) is 2. The number of nitrogens with zero attached hydrogens (tertiary/aromatic N) is 1. The number of benzene rings is 1. The Kier molecular flexibility index (Phi) is 1.96. The zero-order valence-corrected chi connectivity index (χ0v) is 6.87. The molecule has 2 aromatic rings. The number of aromatic amines is 1. The summed E-state index contributed by atoms with van der Waals surface area (Å²) in [5.74, 6) is 0. The largest absolute Gasteiger partial charge is 0.342 e. The highest BCUT2D eigenvalue weighted by atomic mass is 16.1. The van der Waals surface area contributed by atoms with Crippen LogP contribution in [0.4, 0.5) is 0 Å². The molecule has 1 aromatic carbocycles. The van der Waals surface area contributed by atoms with E-state index in [2.05, 4.69) is 15.5 Å². The second-order valence-electron chi connectivity index (χ2n) is 2.67. The van der Waals surface area contributed by atoms with E-state index in [0.29, 0.717) is 6.54 Å². The van der Waals surface area contributed by atoms with E-state index in [1.165, 1.54) is 0 Å². The molecule has 0 saturated carbocycles. The molecule has 0 saturated heterocycles. The number of rotatable bonds is 3. The van der Waals surface area contributed by atoms with Gasteiger partial charge >= 0.3 is 6.41 Å². The Morgan fingerprint density at radius 1 is 1.46 bits per heavy atom. The smallest absolute Gasteiger partial charge is 0.309 e. The minimum Gasteiger partial charge on any atom is -0.342 e. The van der Waals surface area contributed by atoms with Gasteiger partial charge in [-0.05, 0) is 6.07 Å². The summed E-state index contributed by atoms with van der Waals surface area (Å²) in [5, 5.41) is 10.4. The lowest BCUT2D eigenvalue weighted by Gasteiger charge is -1.93. The summed E-state index contributed by atoms with van der Waals surface area (Å²) in [7, 11) is 0. The van der Waals surface area contributed by atoms with Crippen LogP contribution in [0.1, 0.15) is 5.69 Å². The van der Waals surface area contributed by atoms with Crippen molar-refractivity contribution in [2.75, 3.05) is 0 Å². The van der Waals surface area contributed by atoms with Gasteiger partial charge in [0.1, 0.15) is 0 Å². The van der Waals surface area contributed by atoms with Crippen molar-refractivity contribution in [1.82, 2.24) is 15.5 Å². The highest BCUT2D eigenvalue weighted by Crippen LogP contribution is 2.14. The highest BCUT2D eigenvalue weighted by Gasteiger charge is 2.02. The third kappa shape index (κ3) is 1.38. The molecule has 2 N–H and O–H groups in total. The number of fused-ring (bicyclic) bond motifs is 1. The summed E-state index contributed by atoms with van der Waals surface area (Å²) in [6.45, 7) is 0.410. The quantitative estimate of drug-likeness (QED) is 0.673. The fourth-order valence-electron chi connectivity index (χ4n) is 1.27. The first-order valence-electron chi connectivity index (χ1n) is 3.94. The first-order valence-corrected chi connectivity index (χ1v) is 3.94. The number of amides is 1. The molecule has 0 aliphatic heterocycles. The summed E-state index contributed by atoms with van der Waals surface area (Å²) in [6, 6.07) is 7.77.